The summed E-state index contributed by atoms with van der Waals surface area (Å²) in [4.78, 5) is 0. The lowest BCUT2D eigenvalue weighted by Gasteiger charge is -2.03. The van der Waals surface area contributed by atoms with E-state index in [0.29, 0.717) is 0 Å². The molecule has 3 heteroatoms. The van der Waals surface area contributed by atoms with Crippen LogP contribution in [0.25, 0.3) is 0 Å². The molecule has 1 heterocycles. The highest BCUT2D eigenvalue weighted by Crippen LogP contribution is 2.22. The van der Waals surface area contributed by atoms with E-state index in [2.05, 4.69) is 25.1 Å². The van der Waals surface area contributed by atoms with E-state index in [0.717, 1.165) is 18.5 Å². The van der Waals surface area contributed by atoms with Crippen molar-refractivity contribution in [2.24, 2.45) is 0 Å². The average molecular weight is 257 g/mol. The molecular formula is C14H25ClN2. The molecule has 2 nitrogen and oxygen atoms in total. The molecule has 0 saturated carbocycles. The molecule has 0 amide bonds. The summed E-state index contributed by atoms with van der Waals surface area (Å²) in [5, 5.41) is 4.47. The average Bonchev–Trinajstić information content (AvgIpc) is 2.81. The fraction of sp³-hybridized carbons (Fsp3) is 0.786. The van der Waals surface area contributed by atoms with Crippen LogP contribution in [0.1, 0.15) is 69.7 Å². The molecule has 1 atom stereocenters. The van der Waals surface area contributed by atoms with Crippen LogP contribution in [0.15, 0.2) is 12.4 Å². The van der Waals surface area contributed by atoms with E-state index in [1.807, 2.05) is 10.9 Å². The van der Waals surface area contributed by atoms with Gasteiger partial charge in [-0.05, 0) is 12.8 Å². The normalized spacial score (nSPS) is 12.9. The third kappa shape index (κ3) is 5.58. The fourth-order valence-electron chi connectivity index (χ4n) is 1.95. The minimum absolute atomic E-state index is 0.119. The molecule has 0 saturated heterocycles. The van der Waals surface area contributed by atoms with Crippen molar-refractivity contribution >= 4 is 11.6 Å². The standard InChI is InChI=1S/C14H25ClN2/c1-3-5-6-7-8-9-10-17-12-13(11-16-17)14(15)4-2/h11-12,14H,3-10H2,1-2H3. The second-order valence-electron chi connectivity index (χ2n) is 4.68. The topological polar surface area (TPSA) is 17.8 Å². The minimum atomic E-state index is 0.119. The Kier molecular flexibility index (Phi) is 7.34. The van der Waals surface area contributed by atoms with Gasteiger partial charge in [0.2, 0.25) is 0 Å². The molecule has 1 unspecified atom stereocenters. The lowest BCUT2D eigenvalue weighted by Crippen LogP contribution is -1.98. The van der Waals surface area contributed by atoms with Crippen LogP contribution in [0.3, 0.4) is 0 Å². The van der Waals surface area contributed by atoms with Crippen LogP contribution in [0.4, 0.5) is 0 Å². The summed E-state index contributed by atoms with van der Waals surface area (Å²) in [6, 6.07) is 0. The van der Waals surface area contributed by atoms with Crippen LogP contribution in [-0.4, -0.2) is 9.78 Å². The van der Waals surface area contributed by atoms with E-state index in [-0.39, 0.29) is 5.38 Å². The Morgan fingerprint density at radius 2 is 1.88 bits per heavy atom. The maximum absolute atomic E-state index is 6.17. The zero-order valence-corrected chi connectivity index (χ0v) is 11.9. The molecule has 0 aliphatic rings. The highest BCUT2D eigenvalue weighted by atomic mass is 35.5. The quantitative estimate of drug-likeness (QED) is 0.452. The van der Waals surface area contributed by atoms with Gasteiger partial charge in [-0.1, -0.05) is 46.0 Å². The number of unbranched alkanes of at least 4 members (excludes halogenated alkanes) is 5. The van der Waals surface area contributed by atoms with Gasteiger partial charge in [-0.25, -0.2) is 0 Å². The van der Waals surface area contributed by atoms with Crippen molar-refractivity contribution in [3.63, 3.8) is 0 Å². The lowest BCUT2D eigenvalue weighted by atomic mass is 10.1. The Hall–Kier alpha value is -0.500. The van der Waals surface area contributed by atoms with Crippen molar-refractivity contribution in [1.29, 1.82) is 0 Å². The predicted octanol–water partition coefficient (Wildman–Crippen LogP) is 4.93. The van der Waals surface area contributed by atoms with Gasteiger partial charge in [0.25, 0.3) is 0 Å². The Bertz CT molecular complexity index is 296. The molecule has 0 N–H and O–H groups in total. The van der Waals surface area contributed by atoms with Crippen LogP contribution in [0, 0.1) is 0 Å². The summed E-state index contributed by atoms with van der Waals surface area (Å²) in [6.07, 6.45) is 12.9. The Labute approximate surface area is 110 Å². The summed E-state index contributed by atoms with van der Waals surface area (Å²) in [7, 11) is 0. The number of rotatable bonds is 9. The number of halogens is 1. The SMILES string of the molecule is CCCCCCCCn1cc(C(Cl)CC)cn1. The molecule has 0 spiro atoms. The van der Waals surface area contributed by atoms with Gasteiger partial charge in [-0.3, -0.25) is 4.68 Å². The Balaban J connectivity index is 2.16. The van der Waals surface area contributed by atoms with Gasteiger partial charge in [-0.2, -0.15) is 5.10 Å². The number of aryl methyl sites for hydroxylation is 1. The number of alkyl halides is 1. The van der Waals surface area contributed by atoms with E-state index < -0.39 is 0 Å². The molecule has 0 aliphatic carbocycles. The molecular weight excluding hydrogens is 232 g/mol. The Morgan fingerprint density at radius 3 is 2.59 bits per heavy atom. The number of aromatic nitrogens is 2. The van der Waals surface area contributed by atoms with Crippen molar-refractivity contribution in [3.05, 3.63) is 18.0 Å². The predicted molar refractivity (Wildman–Crippen MR) is 74.5 cm³/mol. The van der Waals surface area contributed by atoms with Crippen LogP contribution in [0.5, 0.6) is 0 Å². The van der Waals surface area contributed by atoms with Crippen LogP contribution < -0.4 is 0 Å². The molecule has 1 aromatic heterocycles. The molecule has 0 aliphatic heterocycles. The second-order valence-corrected chi connectivity index (χ2v) is 5.21. The highest BCUT2D eigenvalue weighted by molar-refractivity contribution is 6.20. The third-order valence-electron chi connectivity index (χ3n) is 3.11. The van der Waals surface area contributed by atoms with E-state index >= 15 is 0 Å². The summed E-state index contributed by atoms with van der Waals surface area (Å²) in [5.41, 5.74) is 1.15. The van der Waals surface area contributed by atoms with Crippen molar-refractivity contribution in [2.45, 2.75) is 70.7 Å². The summed E-state index contributed by atoms with van der Waals surface area (Å²) in [5.74, 6) is 0. The van der Waals surface area contributed by atoms with E-state index in [1.54, 1.807) is 0 Å². The molecule has 0 aromatic carbocycles. The first-order valence-electron chi connectivity index (χ1n) is 6.94. The molecule has 17 heavy (non-hydrogen) atoms. The van der Waals surface area contributed by atoms with Crippen molar-refractivity contribution in [2.75, 3.05) is 0 Å². The van der Waals surface area contributed by atoms with Crippen molar-refractivity contribution in [1.82, 2.24) is 9.78 Å². The number of hydrogen-bond acceptors (Lipinski definition) is 1. The number of hydrogen-bond donors (Lipinski definition) is 0. The largest absolute Gasteiger partial charge is 0.272 e. The van der Waals surface area contributed by atoms with Crippen LogP contribution >= 0.6 is 11.6 Å². The molecule has 1 aromatic rings. The summed E-state index contributed by atoms with van der Waals surface area (Å²) in [6.45, 7) is 5.38. The fourth-order valence-corrected chi connectivity index (χ4v) is 2.07. The van der Waals surface area contributed by atoms with Gasteiger partial charge < -0.3 is 0 Å². The van der Waals surface area contributed by atoms with E-state index in [9.17, 15) is 0 Å². The van der Waals surface area contributed by atoms with Gasteiger partial charge in [0, 0.05) is 18.3 Å². The molecule has 0 bridgehead atoms. The second kappa shape index (κ2) is 8.57. The summed E-state index contributed by atoms with van der Waals surface area (Å²) < 4.78 is 2.03. The molecule has 0 fully saturated rings. The van der Waals surface area contributed by atoms with Gasteiger partial charge in [0.1, 0.15) is 0 Å². The zero-order chi connectivity index (χ0) is 12.5. The van der Waals surface area contributed by atoms with Gasteiger partial charge in [0.15, 0.2) is 0 Å². The lowest BCUT2D eigenvalue weighted by molar-refractivity contribution is 0.527. The highest BCUT2D eigenvalue weighted by Gasteiger charge is 2.07. The Morgan fingerprint density at radius 1 is 1.18 bits per heavy atom. The van der Waals surface area contributed by atoms with Crippen molar-refractivity contribution < 1.29 is 0 Å². The van der Waals surface area contributed by atoms with Crippen molar-refractivity contribution in [3.8, 4) is 0 Å². The third-order valence-corrected chi connectivity index (χ3v) is 3.67. The van der Waals surface area contributed by atoms with E-state index in [4.69, 9.17) is 11.6 Å². The molecule has 1 rings (SSSR count). The smallest absolute Gasteiger partial charge is 0.0613 e. The maximum atomic E-state index is 6.17. The summed E-state index contributed by atoms with van der Waals surface area (Å²) >= 11 is 6.17. The monoisotopic (exact) mass is 256 g/mol. The zero-order valence-electron chi connectivity index (χ0n) is 11.2. The first kappa shape index (κ1) is 14.6. The van der Waals surface area contributed by atoms with Gasteiger partial charge in [-0.15, -0.1) is 11.6 Å². The van der Waals surface area contributed by atoms with Gasteiger partial charge in [0.05, 0.1) is 11.6 Å². The first-order chi connectivity index (χ1) is 8.27. The van der Waals surface area contributed by atoms with Crippen LogP contribution in [-0.2, 0) is 6.54 Å². The van der Waals surface area contributed by atoms with E-state index in [1.165, 1.54) is 38.5 Å². The van der Waals surface area contributed by atoms with Gasteiger partial charge >= 0.3 is 0 Å². The molecule has 0 radical (unpaired) electrons. The first-order valence-corrected chi connectivity index (χ1v) is 7.38. The number of nitrogens with zero attached hydrogens (tertiary/aromatic N) is 2. The maximum Gasteiger partial charge on any atom is 0.0613 e. The molecule has 98 valence electrons. The van der Waals surface area contributed by atoms with Crippen LogP contribution in [0.2, 0.25) is 0 Å². The minimum Gasteiger partial charge on any atom is -0.272 e.